The lowest BCUT2D eigenvalue weighted by Gasteiger charge is -2.21. The van der Waals surface area contributed by atoms with E-state index < -0.39 is 11.7 Å². The molecule has 0 radical (unpaired) electrons. The Morgan fingerprint density at radius 2 is 1.96 bits per heavy atom. The van der Waals surface area contributed by atoms with Crippen LogP contribution in [0.1, 0.15) is 55.6 Å². The van der Waals surface area contributed by atoms with Crippen LogP contribution in [0.2, 0.25) is 0 Å². The lowest BCUT2D eigenvalue weighted by atomic mass is 10.2. The van der Waals surface area contributed by atoms with Crippen LogP contribution in [0, 0.1) is 0 Å². The molecule has 1 rings (SSSR count). The van der Waals surface area contributed by atoms with Gasteiger partial charge in [-0.1, -0.05) is 11.8 Å². The van der Waals surface area contributed by atoms with Crippen molar-refractivity contribution in [2.24, 2.45) is 0 Å². The van der Waals surface area contributed by atoms with Gasteiger partial charge < -0.3 is 14.8 Å². The third kappa shape index (κ3) is 9.24. The Hall–Kier alpha value is -1.54. The minimum absolute atomic E-state index is 0.000573. The van der Waals surface area contributed by atoms with E-state index in [1.54, 1.807) is 33.8 Å². The van der Waals surface area contributed by atoms with Gasteiger partial charge in [-0.2, -0.15) is 0 Å². The van der Waals surface area contributed by atoms with Gasteiger partial charge in [0.05, 0.1) is 6.61 Å². The predicted molar refractivity (Wildman–Crippen MR) is 105 cm³/mol. The van der Waals surface area contributed by atoms with E-state index in [2.05, 4.69) is 5.32 Å². The summed E-state index contributed by atoms with van der Waals surface area (Å²) >= 11 is 2.60. The summed E-state index contributed by atoms with van der Waals surface area (Å²) in [5, 5.41) is 2.65. The number of ether oxygens (including phenoxy) is 2. The molecule has 0 aliphatic rings. The minimum Gasteiger partial charge on any atom is -0.462 e. The molecular formula is C18H27NO5S2. The van der Waals surface area contributed by atoms with E-state index in [9.17, 15) is 14.4 Å². The van der Waals surface area contributed by atoms with E-state index in [4.69, 9.17) is 9.47 Å². The molecule has 0 bridgehead atoms. The van der Waals surface area contributed by atoms with E-state index in [-0.39, 0.29) is 16.3 Å². The molecule has 1 aromatic rings. The van der Waals surface area contributed by atoms with Gasteiger partial charge in [0.1, 0.15) is 10.5 Å². The standard InChI is InChI=1S/C18H27NO5S2/c1-6-23-16(21)15-10-9-13(26-15)7-8-14(25-12(2)20)11-19-17(22)24-18(3,4)5/h9-10,14H,6-8,11H2,1-5H3,(H,19,22). The molecule has 0 aromatic carbocycles. The molecule has 0 aliphatic heterocycles. The number of carbonyl (C=O) groups excluding carboxylic acids is 3. The van der Waals surface area contributed by atoms with Crippen molar-refractivity contribution in [3.05, 3.63) is 21.9 Å². The van der Waals surface area contributed by atoms with Crippen LogP contribution in [0.25, 0.3) is 0 Å². The zero-order valence-electron chi connectivity index (χ0n) is 15.9. The SMILES string of the molecule is CCOC(=O)c1ccc(CCC(CNC(=O)OC(C)(C)C)SC(C)=O)s1. The average molecular weight is 402 g/mol. The minimum atomic E-state index is -0.562. The Kier molecular flexibility index (Phi) is 9.15. The summed E-state index contributed by atoms with van der Waals surface area (Å²) in [5.41, 5.74) is -0.562. The van der Waals surface area contributed by atoms with Gasteiger partial charge in [0.2, 0.25) is 0 Å². The fraction of sp³-hybridized carbons (Fsp3) is 0.611. The van der Waals surface area contributed by atoms with Crippen LogP contribution < -0.4 is 5.32 Å². The molecule has 0 fully saturated rings. The first-order chi connectivity index (χ1) is 12.1. The maximum absolute atomic E-state index is 11.8. The molecule has 1 aromatic heterocycles. The molecule has 1 atom stereocenters. The monoisotopic (exact) mass is 401 g/mol. The molecule has 26 heavy (non-hydrogen) atoms. The zero-order chi connectivity index (χ0) is 19.7. The van der Waals surface area contributed by atoms with Crippen LogP contribution in [0.4, 0.5) is 4.79 Å². The first kappa shape index (κ1) is 22.5. The number of thioether (sulfide) groups is 1. The normalized spacial score (nSPS) is 12.3. The molecule has 0 saturated heterocycles. The highest BCUT2D eigenvalue weighted by molar-refractivity contribution is 8.14. The smallest absolute Gasteiger partial charge is 0.407 e. The highest BCUT2D eigenvalue weighted by Gasteiger charge is 2.19. The number of amides is 1. The van der Waals surface area contributed by atoms with Crippen molar-refractivity contribution < 1.29 is 23.9 Å². The number of thiophene rings is 1. The van der Waals surface area contributed by atoms with Gasteiger partial charge in [-0.15, -0.1) is 11.3 Å². The molecule has 1 N–H and O–H groups in total. The fourth-order valence-corrected chi connectivity index (χ4v) is 3.86. The highest BCUT2D eigenvalue weighted by Crippen LogP contribution is 2.23. The van der Waals surface area contributed by atoms with E-state index in [1.807, 2.05) is 6.07 Å². The molecule has 1 unspecified atom stereocenters. The third-order valence-corrected chi connectivity index (χ3v) is 5.25. The first-order valence-electron chi connectivity index (χ1n) is 8.50. The quantitative estimate of drug-likeness (QED) is 0.662. The molecule has 0 aliphatic carbocycles. The molecule has 8 heteroatoms. The molecular weight excluding hydrogens is 374 g/mol. The summed E-state index contributed by atoms with van der Waals surface area (Å²) in [6.45, 7) is 9.36. The van der Waals surface area contributed by atoms with Gasteiger partial charge in [0.25, 0.3) is 0 Å². The fourth-order valence-electron chi connectivity index (χ4n) is 2.08. The Bertz CT molecular complexity index is 621. The molecule has 1 amide bonds. The van der Waals surface area contributed by atoms with Gasteiger partial charge >= 0.3 is 12.1 Å². The average Bonchev–Trinajstić information content (AvgIpc) is 2.97. The lowest BCUT2D eigenvalue weighted by molar-refractivity contribution is -0.109. The first-order valence-corrected chi connectivity index (χ1v) is 10.2. The van der Waals surface area contributed by atoms with Crippen molar-refractivity contribution in [2.45, 2.75) is 58.3 Å². The number of hydrogen-bond acceptors (Lipinski definition) is 7. The van der Waals surface area contributed by atoms with Crippen LogP contribution in [-0.2, 0) is 20.7 Å². The number of hydrogen-bond donors (Lipinski definition) is 1. The molecule has 1 heterocycles. The summed E-state index contributed by atoms with van der Waals surface area (Å²) in [5.74, 6) is -0.315. The summed E-state index contributed by atoms with van der Waals surface area (Å²) in [7, 11) is 0. The van der Waals surface area contributed by atoms with Crippen molar-refractivity contribution in [3.8, 4) is 0 Å². The molecule has 146 valence electrons. The zero-order valence-corrected chi connectivity index (χ0v) is 17.6. The topological polar surface area (TPSA) is 81.7 Å². The lowest BCUT2D eigenvalue weighted by Crippen LogP contribution is -2.36. The number of aryl methyl sites for hydroxylation is 1. The second-order valence-electron chi connectivity index (χ2n) is 6.64. The van der Waals surface area contributed by atoms with E-state index in [0.29, 0.717) is 30.9 Å². The Labute approximate surface area is 163 Å². The van der Waals surface area contributed by atoms with Crippen molar-refractivity contribution >= 4 is 40.3 Å². The van der Waals surface area contributed by atoms with Gasteiger partial charge in [-0.05, 0) is 52.7 Å². The van der Waals surface area contributed by atoms with Gasteiger partial charge in [0.15, 0.2) is 5.12 Å². The van der Waals surface area contributed by atoms with Crippen LogP contribution in [0.3, 0.4) is 0 Å². The number of nitrogens with one attached hydrogen (secondary N) is 1. The summed E-state index contributed by atoms with van der Waals surface area (Å²) in [6, 6.07) is 3.65. The number of esters is 1. The van der Waals surface area contributed by atoms with E-state index in [1.165, 1.54) is 30.0 Å². The molecule has 0 saturated carbocycles. The number of carbonyl (C=O) groups is 3. The van der Waals surface area contributed by atoms with Crippen molar-refractivity contribution in [3.63, 3.8) is 0 Å². The van der Waals surface area contributed by atoms with E-state index in [0.717, 1.165) is 4.88 Å². The maximum atomic E-state index is 11.8. The van der Waals surface area contributed by atoms with Gasteiger partial charge in [-0.3, -0.25) is 4.79 Å². The van der Waals surface area contributed by atoms with Gasteiger partial charge in [-0.25, -0.2) is 9.59 Å². The number of rotatable bonds is 8. The second-order valence-corrected chi connectivity index (χ2v) is 9.28. The predicted octanol–water partition coefficient (Wildman–Crippen LogP) is 4.03. The van der Waals surface area contributed by atoms with Gasteiger partial charge in [0, 0.05) is 23.6 Å². The molecule has 0 spiro atoms. The van der Waals surface area contributed by atoms with Crippen molar-refractivity contribution in [1.29, 1.82) is 0 Å². The maximum Gasteiger partial charge on any atom is 0.407 e. The Morgan fingerprint density at radius 1 is 1.27 bits per heavy atom. The van der Waals surface area contributed by atoms with Crippen LogP contribution in [0.15, 0.2) is 12.1 Å². The van der Waals surface area contributed by atoms with Crippen LogP contribution in [-0.4, -0.2) is 41.2 Å². The Balaban J connectivity index is 2.55. The molecule has 6 nitrogen and oxygen atoms in total. The van der Waals surface area contributed by atoms with Crippen LogP contribution >= 0.6 is 23.1 Å². The largest absolute Gasteiger partial charge is 0.462 e. The van der Waals surface area contributed by atoms with E-state index >= 15 is 0 Å². The third-order valence-electron chi connectivity index (χ3n) is 3.06. The van der Waals surface area contributed by atoms with Crippen molar-refractivity contribution in [2.75, 3.05) is 13.2 Å². The highest BCUT2D eigenvalue weighted by atomic mass is 32.2. The van der Waals surface area contributed by atoms with Crippen molar-refractivity contribution in [1.82, 2.24) is 5.32 Å². The summed E-state index contributed by atoms with van der Waals surface area (Å²) in [4.78, 5) is 36.6. The second kappa shape index (κ2) is 10.6. The summed E-state index contributed by atoms with van der Waals surface area (Å²) in [6.07, 6.45) is 0.917. The van der Waals surface area contributed by atoms with Crippen LogP contribution in [0.5, 0.6) is 0 Å². The Morgan fingerprint density at radius 3 is 2.54 bits per heavy atom. The number of alkyl carbamates (subject to hydrolysis) is 1. The summed E-state index contributed by atoms with van der Waals surface area (Å²) < 4.78 is 10.2.